The summed E-state index contributed by atoms with van der Waals surface area (Å²) in [5.41, 5.74) is 0.936. The van der Waals surface area contributed by atoms with Gasteiger partial charge >= 0.3 is 0 Å². The third-order valence-corrected chi connectivity index (χ3v) is 3.41. The molecule has 0 aliphatic rings. The summed E-state index contributed by atoms with van der Waals surface area (Å²) in [6.45, 7) is 4.87. The Balaban J connectivity index is 1.90. The van der Waals surface area contributed by atoms with Gasteiger partial charge in [-0.25, -0.2) is 4.98 Å². The SMILES string of the molecule is CCCCc1nc(Cl)c(CN[C@@H](C)c2ccco2)[nH]1. The highest BCUT2D eigenvalue weighted by Gasteiger charge is 2.11. The highest BCUT2D eigenvalue weighted by atomic mass is 35.5. The number of furan rings is 1. The van der Waals surface area contributed by atoms with Crippen molar-refractivity contribution in [3.05, 3.63) is 40.8 Å². The molecule has 19 heavy (non-hydrogen) atoms. The van der Waals surface area contributed by atoms with Crippen molar-refractivity contribution in [2.75, 3.05) is 0 Å². The van der Waals surface area contributed by atoms with E-state index in [1.54, 1.807) is 6.26 Å². The van der Waals surface area contributed by atoms with Crippen molar-refractivity contribution in [2.24, 2.45) is 0 Å². The van der Waals surface area contributed by atoms with Crippen molar-refractivity contribution in [1.29, 1.82) is 0 Å². The van der Waals surface area contributed by atoms with Crippen LogP contribution in [0.3, 0.4) is 0 Å². The second kappa shape index (κ2) is 6.78. The summed E-state index contributed by atoms with van der Waals surface area (Å²) >= 11 is 6.13. The number of hydrogen-bond acceptors (Lipinski definition) is 3. The van der Waals surface area contributed by atoms with E-state index in [1.165, 1.54) is 0 Å². The maximum Gasteiger partial charge on any atom is 0.151 e. The van der Waals surface area contributed by atoms with E-state index in [1.807, 2.05) is 12.1 Å². The number of aromatic amines is 1. The number of aryl methyl sites for hydroxylation is 1. The Morgan fingerprint density at radius 1 is 1.53 bits per heavy atom. The van der Waals surface area contributed by atoms with Crippen molar-refractivity contribution in [3.8, 4) is 0 Å². The van der Waals surface area contributed by atoms with Gasteiger partial charge in [0.2, 0.25) is 0 Å². The van der Waals surface area contributed by atoms with E-state index in [0.717, 1.165) is 36.5 Å². The number of rotatable bonds is 7. The van der Waals surface area contributed by atoms with Gasteiger partial charge in [0.1, 0.15) is 11.6 Å². The minimum Gasteiger partial charge on any atom is -0.468 e. The molecule has 2 heterocycles. The lowest BCUT2D eigenvalue weighted by atomic mass is 10.2. The van der Waals surface area contributed by atoms with Gasteiger partial charge in [0, 0.05) is 13.0 Å². The summed E-state index contributed by atoms with van der Waals surface area (Å²) in [5.74, 6) is 1.89. The van der Waals surface area contributed by atoms with Gasteiger partial charge in [0.25, 0.3) is 0 Å². The first kappa shape index (κ1) is 14.2. The van der Waals surface area contributed by atoms with Crippen LogP contribution in [0.1, 0.15) is 50.0 Å². The van der Waals surface area contributed by atoms with Crippen LogP contribution in [-0.4, -0.2) is 9.97 Å². The van der Waals surface area contributed by atoms with E-state index in [4.69, 9.17) is 16.0 Å². The van der Waals surface area contributed by atoms with E-state index in [-0.39, 0.29) is 6.04 Å². The predicted octanol–water partition coefficient (Wildman–Crippen LogP) is 3.85. The Kier molecular flexibility index (Phi) is 5.05. The minimum absolute atomic E-state index is 0.147. The Hall–Kier alpha value is -1.26. The summed E-state index contributed by atoms with van der Waals surface area (Å²) in [7, 11) is 0. The van der Waals surface area contributed by atoms with Crippen LogP contribution in [0.15, 0.2) is 22.8 Å². The molecule has 104 valence electrons. The molecule has 0 aliphatic carbocycles. The van der Waals surface area contributed by atoms with Gasteiger partial charge in [0.15, 0.2) is 5.15 Å². The van der Waals surface area contributed by atoms with Crippen LogP contribution in [0.4, 0.5) is 0 Å². The van der Waals surface area contributed by atoms with Crippen molar-refractivity contribution in [1.82, 2.24) is 15.3 Å². The molecule has 0 bridgehead atoms. The minimum atomic E-state index is 0.147. The third-order valence-electron chi connectivity index (χ3n) is 3.10. The van der Waals surface area contributed by atoms with Crippen molar-refractivity contribution < 1.29 is 4.42 Å². The summed E-state index contributed by atoms with van der Waals surface area (Å²) in [6.07, 6.45) is 4.91. The molecule has 2 rings (SSSR count). The molecule has 2 aromatic rings. The first-order valence-electron chi connectivity index (χ1n) is 6.70. The summed E-state index contributed by atoms with van der Waals surface area (Å²) in [4.78, 5) is 7.62. The van der Waals surface area contributed by atoms with Crippen LogP contribution in [0, 0.1) is 0 Å². The van der Waals surface area contributed by atoms with Crippen molar-refractivity contribution >= 4 is 11.6 Å². The smallest absolute Gasteiger partial charge is 0.151 e. The molecule has 0 amide bonds. The standard InChI is InChI=1S/C14H20ClN3O/c1-3-4-7-13-17-11(14(15)18-13)9-16-10(2)12-6-5-8-19-12/h5-6,8,10,16H,3-4,7,9H2,1-2H3,(H,17,18)/t10-/m0/s1. The third kappa shape index (κ3) is 3.85. The van der Waals surface area contributed by atoms with Crippen molar-refractivity contribution in [2.45, 2.75) is 45.7 Å². The molecule has 1 atom stereocenters. The molecule has 2 N–H and O–H groups in total. The molecule has 0 aromatic carbocycles. The number of nitrogens with one attached hydrogen (secondary N) is 2. The molecule has 2 aromatic heterocycles. The van der Waals surface area contributed by atoms with Crippen LogP contribution in [0.25, 0.3) is 0 Å². The first-order chi connectivity index (χ1) is 9.20. The van der Waals surface area contributed by atoms with Gasteiger partial charge in [0.05, 0.1) is 18.0 Å². The molecule has 0 fully saturated rings. The molecular formula is C14H20ClN3O. The summed E-state index contributed by atoms with van der Waals surface area (Å²) in [5, 5.41) is 3.92. The summed E-state index contributed by atoms with van der Waals surface area (Å²) < 4.78 is 5.35. The molecule has 0 radical (unpaired) electrons. The van der Waals surface area contributed by atoms with Gasteiger partial charge in [-0.1, -0.05) is 24.9 Å². The van der Waals surface area contributed by atoms with Crippen LogP contribution < -0.4 is 5.32 Å². The Morgan fingerprint density at radius 2 is 2.37 bits per heavy atom. The lowest BCUT2D eigenvalue weighted by molar-refractivity contribution is 0.429. The number of H-pyrrole nitrogens is 1. The van der Waals surface area contributed by atoms with E-state index >= 15 is 0 Å². The van der Waals surface area contributed by atoms with Crippen LogP contribution in [0.5, 0.6) is 0 Å². The normalized spacial score (nSPS) is 12.8. The second-order valence-electron chi connectivity index (χ2n) is 4.67. The van der Waals surface area contributed by atoms with Gasteiger partial charge in [-0.15, -0.1) is 0 Å². The number of aromatic nitrogens is 2. The van der Waals surface area contributed by atoms with Crippen LogP contribution in [0.2, 0.25) is 5.15 Å². The zero-order valence-electron chi connectivity index (χ0n) is 11.4. The molecule has 0 saturated heterocycles. The average Bonchev–Trinajstić information content (AvgIpc) is 3.03. The quantitative estimate of drug-likeness (QED) is 0.810. The molecular weight excluding hydrogens is 262 g/mol. The highest BCUT2D eigenvalue weighted by Crippen LogP contribution is 2.17. The number of nitrogens with zero attached hydrogens (tertiary/aromatic N) is 1. The fourth-order valence-corrected chi connectivity index (χ4v) is 2.13. The molecule has 4 nitrogen and oxygen atoms in total. The molecule has 0 saturated carbocycles. The zero-order valence-corrected chi connectivity index (χ0v) is 12.1. The molecule has 0 spiro atoms. The lowest BCUT2D eigenvalue weighted by Gasteiger charge is -2.10. The number of imidazole rings is 1. The predicted molar refractivity (Wildman–Crippen MR) is 76.2 cm³/mol. The lowest BCUT2D eigenvalue weighted by Crippen LogP contribution is -2.18. The van der Waals surface area contributed by atoms with Gasteiger partial charge in [-0.3, -0.25) is 0 Å². The van der Waals surface area contributed by atoms with Crippen molar-refractivity contribution in [3.63, 3.8) is 0 Å². The Labute approximate surface area is 118 Å². The topological polar surface area (TPSA) is 53.9 Å². The molecule has 0 aliphatic heterocycles. The average molecular weight is 282 g/mol. The van der Waals surface area contributed by atoms with Gasteiger partial charge in [-0.05, 0) is 25.5 Å². The maximum atomic E-state index is 6.13. The number of halogens is 1. The zero-order chi connectivity index (χ0) is 13.7. The van der Waals surface area contributed by atoms with Gasteiger partial charge < -0.3 is 14.7 Å². The molecule has 0 unspecified atom stereocenters. The van der Waals surface area contributed by atoms with Crippen LogP contribution in [-0.2, 0) is 13.0 Å². The van der Waals surface area contributed by atoms with E-state index < -0.39 is 0 Å². The molecule has 5 heteroatoms. The van der Waals surface area contributed by atoms with Crippen LogP contribution >= 0.6 is 11.6 Å². The summed E-state index contributed by atoms with van der Waals surface area (Å²) in [6, 6.07) is 3.99. The largest absolute Gasteiger partial charge is 0.468 e. The fourth-order valence-electron chi connectivity index (χ4n) is 1.91. The second-order valence-corrected chi connectivity index (χ2v) is 5.03. The fraction of sp³-hybridized carbons (Fsp3) is 0.500. The maximum absolute atomic E-state index is 6.13. The van der Waals surface area contributed by atoms with E-state index in [2.05, 4.69) is 29.1 Å². The first-order valence-corrected chi connectivity index (χ1v) is 7.08. The Bertz CT molecular complexity index is 493. The van der Waals surface area contributed by atoms with Gasteiger partial charge in [-0.2, -0.15) is 0 Å². The monoisotopic (exact) mass is 281 g/mol. The highest BCUT2D eigenvalue weighted by molar-refractivity contribution is 6.30. The Morgan fingerprint density at radius 3 is 3.05 bits per heavy atom. The van der Waals surface area contributed by atoms with E-state index in [0.29, 0.717) is 11.7 Å². The number of hydrogen-bond donors (Lipinski definition) is 2. The van der Waals surface area contributed by atoms with E-state index in [9.17, 15) is 0 Å². The number of unbranched alkanes of at least 4 members (excludes halogenated alkanes) is 1.